The minimum Gasteiger partial charge on any atom is -0.265 e. The van der Waals surface area contributed by atoms with Crippen LogP contribution in [0.2, 0.25) is 0 Å². The van der Waals surface area contributed by atoms with Gasteiger partial charge in [0, 0.05) is 24.8 Å². The Morgan fingerprint density at radius 2 is 1.05 bits per heavy atom. The van der Waals surface area contributed by atoms with Gasteiger partial charge in [0.25, 0.3) is 0 Å². The predicted octanol–water partition coefficient (Wildman–Crippen LogP) is 5.61. The number of rotatable bonds is 0. The summed E-state index contributed by atoms with van der Waals surface area (Å²) in [5.74, 6) is 0. The van der Waals surface area contributed by atoms with Crippen molar-refractivity contribution >= 4 is 31.8 Å². The van der Waals surface area contributed by atoms with E-state index < -0.39 is 13.4 Å². The first kappa shape index (κ1) is 20.8. The molecule has 116 valence electrons. The van der Waals surface area contributed by atoms with Gasteiger partial charge in [0.2, 0.25) is 0 Å². The van der Waals surface area contributed by atoms with Gasteiger partial charge in [0.1, 0.15) is 0 Å². The molecule has 2 aromatic heterocycles. The van der Waals surface area contributed by atoms with Crippen LogP contribution in [-0.4, -0.2) is 14.2 Å². The molecule has 0 aliphatic heterocycles. The van der Waals surface area contributed by atoms with Gasteiger partial charge < -0.3 is 0 Å². The summed E-state index contributed by atoms with van der Waals surface area (Å²) in [5, 5.41) is 0. The van der Waals surface area contributed by atoms with E-state index >= 15 is 0 Å². The first-order valence-electron chi connectivity index (χ1n) is 6.25. The second kappa shape index (κ2) is 11.4. The average Bonchev–Trinajstić information content (AvgIpc) is 2.40. The summed E-state index contributed by atoms with van der Waals surface area (Å²) in [6.07, 6.45) is 7.00. The summed E-state index contributed by atoms with van der Waals surface area (Å²) in [7, 11) is 17.1. The molecule has 0 saturated heterocycles. The van der Waals surface area contributed by atoms with E-state index in [9.17, 15) is 0 Å². The second-order valence-corrected chi connectivity index (χ2v) is 26.8. The molecule has 0 bridgehead atoms. The van der Waals surface area contributed by atoms with Gasteiger partial charge in [-0.1, -0.05) is 12.1 Å². The molecule has 0 aromatic carbocycles. The molecule has 21 heavy (non-hydrogen) atoms. The van der Waals surface area contributed by atoms with Gasteiger partial charge in [-0.05, 0) is 24.3 Å². The first-order valence-corrected chi connectivity index (χ1v) is 20.1. The summed E-state index contributed by atoms with van der Waals surface area (Å²) < 4.78 is 1.89. The molecule has 0 unspecified atom stereocenters. The molecule has 2 aromatic rings. The van der Waals surface area contributed by atoms with E-state index in [0.29, 0.717) is 0 Å². The quantitative estimate of drug-likeness (QED) is 0.456. The van der Waals surface area contributed by atoms with Crippen molar-refractivity contribution in [2.75, 3.05) is 0 Å². The predicted molar refractivity (Wildman–Crippen MR) is 91.6 cm³/mol. The molecule has 0 amide bonds. The van der Waals surface area contributed by atoms with Crippen LogP contribution in [0.25, 0.3) is 0 Å². The number of pyridine rings is 2. The third kappa shape index (κ3) is 19.8. The van der Waals surface area contributed by atoms with Crippen molar-refractivity contribution in [3.63, 3.8) is 0 Å². The number of hydrogen-bond acceptors (Lipinski definition) is 2. The Balaban J connectivity index is 0.000000293. The summed E-state index contributed by atoms with van der Waals surface area (Å²) in [4.78, 5) is 7.57. The van der Waals surface area contributed by atoms with Gasteiger partial charge in [-0.15, -0.1) is 0 Å². The van der Waals surface area contributed by atoms with Crippen molar-refractivity contribution in [3.05, 3.63) is 61.2 Å². The molecule has 0 spiro atoms. The number of aromatic nitrogens is 2. The van der Waals surface area contributed by atoms with Crippen LogP contribution in [0.1, 0.15) is 20.8 Å². The molecule has 0 aliphatic rings. The SMILES string of the molecule is CC(C)(C)[CH]=[Ta]([Cl])([Cl])[Cl].c1ccncc1.c1ccncc1. The Kier molecular flexibility index (Phi) is 11.2. The molecule has 0 fully saturated rings. The molecule has 0 saturated carbocycles. The van der Waals surface area contributed by atoms with Crippen molar-refractivity contribution in [3.8, 4) is 0 Å². The summed E-state index contributed by atoms with van der Waals surface area (Å²) in [6, 6.07) is 11.4. The van der Waals surface area contributed by atoms with Crippen LogP contribution in [0.4, 0.5) is 0 Å². The van der Waals surface area contributed by atoms with Crippen molar-refractivity contribution < 1.29 is 13.4 Å². The molecule has 2 heterocycles. The topological polar surface area (TPSA) is 25.8 Å². The van der Waals surface area contributed by atoms with Crippen LogP contribution < -0.4 is 0 Å². The fourth-order valence-corrected chi connectivity index (χ4v) is 11.4. The molecule has 0 radical (unpaired) electrons. The molecule has 2 rings (SSSR count). The number of hydrogen-bond donors (Lipinski definition) is 0. The largest absolute Gasteiger partial charge is 0.265 e. The van der Waals surface area contributed by atoms with E-state index in [1.165, 1.54) is 0 Å². The van der Waals surface area contributed by atoms with Gasteiger partial charge in [-0.2, -0.15) is 0 Å². The van der Waals surface area contributed by atoms with E-state index in [-0.39, 0.29) is 5.41 Å². The van der Waals surface area contributed by atoms with Crippen molar-refractivity contribution in [1.82, 2.24) is 9.97 Å². The summed E-state index contributed by atoms with van der Waals surface area (Å²) in [6.45, 7) is 6.10. The van der Waals surface area contributed by atoms with Crippen molar-refractivity contribution in [1.29, 1.82) is 0 Å². The van der Waals surface area contributed by atoms with Gasteiger partial charge in [-0.3, -0.25) is 9.97 Å². The average molecular weight is 516 g/mol. The molecule has 0 N–H and O–H groups in total. The van der Waals surface area contributed by atoms with Gasteiger partial charge in [0.05, 0.1) is 0 Å². The maximum absolute atomic E-state index is 5.71. The van der Waals surface area contributed by atoms with Gasteiger partial charge in [-0.25, -0.2) is 0 Å². The van der Waals surface area contributed by atoms with E-state index in [4.69, 9.17) is 27.6 Å². The number of halogens is 3. The van der Waals surface area contributed by atoms with Gasteiger partial charge >= 0.3 is 71.4 Å². The number of nitrogens with zero attached hydrogens (tertiary/aromatic N) is 2. The second-order valence-electron chi connectivity index (χ2n) is 5.03. The molecule has 0 aliphatic carbocycles. The summed E-state index contributed by atoms with van der Waals surface area (Å²) in [5.41, 5.74) is 0.0592. The Morgan fingerprint density at radius 3 is 1.10 bits per heavy atom. The van der Waals surface area contributed by atoms with Crippen LogP contribution in [0.5, 0.6) is 0 Å². The smallest absolute Gasteiger partial charge is 0.0267 e. The van der Waals surface area contributed by atoms with E-state index in [1.807, 2.05) is 61.4 Å². The molecular formula is C15H20Cl3N2Ta. The van der Waals surface area contributed by atoms with E-state index in [1.54, 1.807) is 24.8 Å². The van der Waals surface area contributed by atoms with Crippen molar-refractivity contribution in [2.24, 2.45) is 5.41 Å². The third-order valence-electron chi connectivity index (χ3n) is 1.67. The standard InChI is InChI=1S/2C5H5N.C5H10.3ClH.Ta/c2*1-2-4-6-5-3-1;1-5(2,3)4;;;;/h2*1-5H;1H,2-4H3;3*1H;/q;;;;;;+3/p-3. The molecule has 0 atom stereocenters. The Hall–Kier alpha value is -0.220. The zero-order chi connectivity index (χ0) is 16.2. The zero-order valence-corrected chi connectivity index (χ0v) is 17.8. The zero-order valence-electron chi connectivity index (χ0n) is 12.3. The minimum atomic E-state index is -3.20. The minimum absolute atomic E-state index is 0.0592. The van der Waals surface area contributed by atoms with Gasteiger partial charge in [0.15, 0.2) is 0 Å². The van der Waals surface area contributed by atoms with Crippen LogP contribution in [0, 0.1) is 5.41 Å². The van der Waals surface area contributed by atoms with Crippen LogP contribution in [0.3, 0.4) is 0 Å². The molecular weight excluding hydrogens is 495 g/mol. The Labute approximate surface area is 142 Å². The molecule has 2 nitrogen and oxygen atoms in total. The molecule has 6 heteroatoms. The van der Waals surface area contributed by atoms with Crippen LogP contribution in [-0.2, 0) is 13.4 Å². The normalized spacial score (nSPS) is 10.4. The fourth-order valence-electron chi connectivity index (χ4n) is 1.06. The summed E-state index contributed by atoms with van der Waals surface area (Å²) >= 11 is -3.20. The van der Waals surface area contributed by atoms with E-state index in [2.05, 4.69) is 9.97 Å². The first-order chi connectivity index (χ1) is 9.71. The Bertz CT molecular complexity index is 414. The fraction of sp³-hybridized carbons (Fsp3) is 0.267. The third-order valence-corrected chi connectivity index (χ3v) is 7.90. The van der Waals surface area contributed by atoms with Crippen LogP contribution in [0.15, 0.2) is 61.2 Å². The Morgan fingerprint density at radius 1 is 0.714 bits per heavy atom. The van der Waals surface area contributed by atoms with Crippen LogP contribution >= 0.6 is 27.6 Å². The monoisotopic (exact) mass is 514 g/mol. The maximum atomic E-state index is 5.71. The van der Waals surface area contributed by atoms with E-state index in [0.717, 1.165) is 0 Å². The maximum Gasteiger partial charge on any atom is 0.0267 e. The van der Waals surface area contributed by atoms with Crippen molar-refractivity contribution in [2.45, 2.75) is 20.8 Å².